The van der Waals surface area contributed by atoms with Crippen LogP contribution in [-0.4, -0.2) is 38.0 Å². The lowest BCUT2D eigenvalue weighted by molar-refractivity contribution is -0.168. The molecule has 0 saturated carbocycles. The van der Waals surface area contributed by atoms with Crippen LogP contribution in [0.25, 0.3) is 0 Å². The Morgan fingerprint density at radius 2 is 2.09 bits per heavy atom. The van der Waals surface area contributed by atoms with E-state index in [1.54, 1.807) is 6.92 Å². The molecular formula is C11H11BrF4N4O2. The molecular weight excluding hydrogens is 376 g/mol. The third kappa shape index (κ3) is 2.47. The zero-order valence-corrected chi connectivity index (χ0v) is 13.0. The van der Waals surface area contributed by atoms with Gasteiger partial charge in [-0.05, 0) is 22.9 Å². The summed E-state index contributed by atoms with van der Waals surface area (Å²) >= 11 is 3.08. The molecule has 1 aliphatic heterocycles. The molecule has 1 aliphatic rings. The van der Waals surface area contributed by atoms with Gasteiger partial charge in [0.25, 0.3) is 18.4 Å². The van der Waals surface area contributed by atoms with Gasteiger partial charge in [0, 0.05) is 7.05 Å². The van der Waals surface area contributed by atoms with Crippen LogP contribution in [0, 0.1) is 6.92 Å². The molecule has 1 amide bonds. The molecule has 1 aromatic rings. The molecule has 1 unspecified atom stereocenters. The molecule has 6 nitrogen and oxygen atoms in total. The quantitative estimate of drug-likeness (QED) is 0.761. The lowest BCUT2D eigenvalue weighted by Gasteiger charge is -2.30. The lowest BCUT2D eigenvalue weighted by Crippen LogP contribution is -2.56. The van der Waals surface area contributed by atoms with Crippen molar-refractivity contribution < 1.29 is 27.5 Å². The van der Waals surface area contributed by atoms with Crippen molar-refractivity contribution in [1.29, 1.82) is 0 Å². The Hall–Kier alpha value is -1.62. The number of hydrazine groups is 1. The fraction of sp³-hybridized carbons (Fsp3) is 0.455. The molecule has 1 fully saturated rings. The predicted molar refractivity (Wildman–Crippen MR) is 69.8 cm³/mol. The van der Waals surface area contributed by atoms with Crippen molar-refractivity contribution in [2.24, 2.45) is 7.05 Å². The zero-order chi connectivity index (χ0) is 16.8. The second-order valence-corrected chi connectivity index (χ2v) is 5.51. The van der Waals surface area contributed by atoms with Crippen LogP contribution in [0.4, 0.5) is 17.6 Å². The molecule has 22 heavy (non-hydrogen) atoms. The largest absolute Gasteiger partial charge is 0.364 e. The van der Waals surface area contributed by atoms with E-state index in [4.69, 9.17) is 0 Å². The third-order valence-corrected chi connectivity index (χ3v) is 4.26. The number of carbonyl (C=O) groups is 1. The summed E-state index contributed by atoms with van der Waals surface area (Å²) in [6.07, 6.45) is -6.85. The molecule has 0 radical (unpaired) electrons. The fourth-order valence-electron chi connectivity index (χ4n) is 1.95. The van der Waals surface area contributed by atoms with Crippen LogP contribution in [-0.2, 0) is 7.05 Å². The van der Waals surface area contributed by atoms with E-state index in [0.29, 0.717) is 5.69 Å². The maximum atomic E-state index is 13.1. The predicted octanol–water partition coefficient (Wildman–Crippen LogP) is 1.90. The molecule has 0 aromatic carbocycles. The number of alkyl halides is 2. The highest BCUT2D eigenvalue weighted by atomic mass is 79.9. The molecule has 1 saturated heterocycles. The summed E-state index contributed by atoms with van der Waals surface area (Å²) in [5, 5.41) is 13.8. The Morgan fingerprint density at radius 1 is 1.50 bits per heavy atom. The van der Waals surface area contributed by atoms with Crippen LogP contribution in [0.3, 0.4) is 0 Å². The number of aryl methyl sites for hydroxylation is 1. The average Bonchev–Trinajstić information content (AvgIpc) is 2.92. The molecule has 0 spiro atoms. The monoisotopic (exact) mass is 386 g/mol. The Bertz CT molecular complexity index is 659. The second-order valence-electron chi connectivity index (χ2n) is 4.72. The van der Waals surface area contributed by atoms with E-state index in [1.165, 1.54) is 11.7 Å². The van der Waals surface area contributed by atoms with E-state index in [1.807, 2.05) is 5.43 Å². The van der Waals surface area contributed by atoms with Gasteiger partial charge in [-0.2, -0.15) is 13.9 Å². The summed E-state index contributed by atoms with van der Waals surface area (Å²) in [5.74, 6) is -1.16. The summed E-state index contributed by atoms with van der Waals surface area (Å²) < 4.78 is 52.9. The molecule has 2 heterocycles. The van der Waals surface area contributed by atoms with Gasteiger partial charge in [0.2, 0.25) is 5.72 Å². The fourth-order valence-corrected chi connectivity index (χ4v) is 2.45. The van der Waals surface area contributed by atoms with Gasteiger partial charge in [0.05, 0.1) is 16.6 Å². The summed E-state index contributed by atoms with van der Waals surface area (Å²) in [5.41, 5.74) is -1.96. The van der Waals surface area contributed by atoms with E-state index in [0.717, 1.165) is 0 Å². The number of nitrogens with one attached hydrogen (secondary N) is 1. The molecule has 1 aromatic heterocycles. The summed E-state index contributed by atoms with van der Waals surface area (Å²) in [6, 6.07) is 0. The van der Waals surface area contributed by atoms with Gasteiger partial charge in [-0.15, -0.1) is 0 Å². The van der Waals surface area contributed by atoms with Crippen molar-refractivity contribution in [2.45, 2.75) is 25.5 Å². The smallest absolute Gasteiger partial charge is 0.296 e. The van der Waals surface area contributed by atoms with Crippen LogP contribution in [0.1, 0.15) is 22.6 Å². The lowest BCUT2D eigenvalue weighted by atomic mass is 10.1. The van der Waals surface area contributed by atoms with Gasteiger partial charge in [0.15, 0.2) is 5.69 Å². The number of hydrogen-bond donors (Lipinski definition) is 2. The highest BCUT2D eigenvalue weighted by Gasteiger charge is 2.54. The number of nitrogens with zero attached hydrogens (tertiary/aromatic N) is 3. The number of rotatable bonds is 2. The average molecular weight is 387 g/mol. The molecule has 122 valence electrons. The first-order valence-corrected chi connectivity index (χ1v) is 6.74. The van der Waals surface area contributed by atoms with Crippen molar-refractivity contribution in [1.82, 2.24) is 20.2 Å². The van der Waals surface area contributed by atoms with E-state index in [9.17, 15) is 27.5 Å². The van der Waals surface area contributed by atoms with Gasteiger partial charge < -0.3 is 5.11 Å². The van der Waals surface area contributed by atoms with Crippen molar-refractivity contribution in [3.05, 3.63) is 27.6 Å². The Balaban J connectivity index is 2.46. The van der Waals surface area contributed by atoms with Crippen LogP contribution in [0.5, 0.6) is 0 Å². The zero-order valence-electron chi connectivity index (χ0n) is 11.4. The van der Waals surface area contributed by atoms with E-state index in [-0.39, 0.29) is 15.2 Å². The minimum Gasteiger partial charge on any atom is -0.364 e. The van der Waals surface area contributed by atoms with Gasteiger partial charge in [0.1, 0.15) is 5.70 Å². The highest BCUT2D eigenvalue weighted by Crippen LogP contribution is 2.36. The number of amides is 1. The van der Waals surface area contributed by atoms with Crippen molar-refractivity contribution >= 4 is 21.8 Å². The molecule has 0 bridgehead atoms. The van der Waals surface area contributed by atoms with Gasteiger partial charge in [-0.25, -0.2) is 13.8 Å². The van der Waals surface area contributed by atoms with Gasteiger partial charge in [-0.1, -0.05) is 0 Å². The van der Waals surface area contributed by atoms with E-state index < -0.39 is 36.3 Å². The van der Waals surface area contributed by atoms with Crippen molar-refractivity contribution in [3.63, 3.8) is 0 Å². The van der Waals surface area contributed by atoms with Crippen LogP contribution in [0.2, 0.25) is 0 Å². The molecule has 11 heteroatoms. The standard InChI is InChI=1S/C11H11BrF4N4O2/c1-4-6(12)7(18-19(4)2)9(21)20-11(22,10(15)16)3-5(17-20)8(13)14/h10,17,22H,3H2,1-2H3. The number of halogens is 5. The SMILES string of the molecule is Cc1c(Br)c(C(=O)N2NC(=C(F)F)CC2(O)C(F)F)nn1C. The van der Waals surface area contributed by atoms with Crippen LogP contribution < -0.4 is 5.43 Å². The summed E-state index contributed by atoms with van der Waals surface area (Å²) in [7, 11) is 1.51. The minimum absolute atomic E-state index is 0.0820. The van der Waals surface area contributed by atoms with Gasteiger partial charge in [-0.3, -0.25) is 14.9 Å². The summed E-state index contributed by atoms with van der Waals surface area (Å²) in [6.45, 7) is 1.61. The van der Waals surface area contributed by atoms with Crippen molar-refractivity contribution in [3.8, 4) is 0 Å². The number of hydrogen-bond acceptors (Lipinski definition) is 4. The first kappa shape index (κ1) is 16.7. The minimum atomic E-state index is -3.45. The number of aliphatic hydroxyl groups is 1. The summed E-state index contributed by atoms with van der Waals surface area (Å²) in [4.78, 5) is 12.3. The Labute approximate surface area is 130 Å². The first-order valence-electron chi connectivity index (χ1n) is 5.94. The maximum Gasteiger partial charge on any atom is 0.296 e. The first-order chi connectivity index (χ1) is 10.1. The van der Waals surface area contributed by atoms with E-state index >= 15 is 0 Å². The third-order valence-electron chi connectivity index (χ3n) is 3.32. The molecule has 2 N–H and O–H groups in total. The Kier molecular flexibility index (Phi) is 4.22. The Morgan fingerprint density at radius 3 is 2.50 bits per heavy atom. The van der Waals surface area contributed by atoms with E-state index in [2.05, 4.69) is 21.0 Å². The normalized spacial score (nSPS) is 21.5. The maximum absolute atomic E-state index is 13.1. The molecule has 1 atom stereocenters. The highest BCUT2D eigenvalue weighted by molar-refractivity contribution is 9.10. The van der Waals surface area contributed by atoms with Crippen molar-refractivity contribution in [2.75, 3.05) is 0 Å². The number of aromatic nitrogens is 2. The molecule has 0 aliphatic carbocycles. The number of carbonyl (C=O) groups excluding carboxylic acids is 1. The molecule has 2 rings (SSSR count). The van der Waals surface area contributed by atoms with Crippen LogP contribution in [0.15, 0.2) is 16.3 Å². The van der Waals surface area contributed by atoms with Crippen LogP contribution >= 0.6 is 15.9 Å². The van der Waals surface area contributed by atoms with Gasteiger partial charge >= 0.3 is 0 Å². The second kappa shape index (κ2) is 5.54. The topological polar surface area (TPSA) is 70.4 Å².